The summed E-state index contributed by atoms with van der Waals surface area (Å²) in [6.07, 6.45) is 1.10. The first-order valence-electron chi connectivity index (χ1n) is 5.69. The number of aryl methyl sites for hydroxylation is 1. The number of hydrogen-bond acceptors (Lipinski definition) is 4. The largest absolute Gasteiger partial charge is 0.382 e. The van der Waals surface area contributed by atoms with Crippen LogP contribution in [0.3, 0.4) is 0 Å². The molecule has 0 amide bonds. The predicted molar refractivity (Wildman–Crippen MR) is 72.7 cm³/mol. The lowest BCUT2D eigenvalue weighted by Crippen LogP contribution is -2.00. The van der Waals surface area contributed by atoms with Crippen LogP contribution in [0.15, 0.2) is 41.9 Å². The molecule has 0 spiro atoms. The molecule has 0 bridgehead atoms. The molecule has 0 saturated carbocycles. The Bertz CT molecular complexity index is 693. The molecule has 1 unspecified atom stereocenters. The Morgan fingerprint density at radius 2 is 2.17 bits per heavy atom. The van der Waals surface area contributed by atoms with Crippen molar-refractivity contribution in [3.8, 4) is 0 Å². The number of aromatic nitrogens is 2. The Kier molecular flexibility index (Phi) is 2.81. The monoisotopic (exact) mass is 256 g/mol. The van der Waals surface area contributed by atoms with Gasteiger partial charge in [-0.1, -0.05) is 12.1 Å². The summed E-state index contributed by atoms with van der Waals surface area (Å²) in [7, 11) is 0. The summed E-state index contributed by atoms with van der Waals surface area (Å²) in [5, 5.41) is 14.2. The molecule has 0 aliphatic carbocycles. The van der Waals surface area contributed by atoms with Crippen molar-refractivity contribution in [1.82, 2.24) is 9.97 Å². The molecule has 3 rings (SSSR count). The highest BCUT2D eigenvalue weighted by atomic mass is 32.1. The van der Waals surface area contributed by atoms with E-state index in [1.165, 1.54) is 0 Å². The van der Waals surface area contributed by atoms with E-state index >= 15 is 0 Å². The quantitative estimate of drug-likeness (QED) is 0.766. The predicted octanol–water partition coefficient (Wildman–Crippen LogP) is 3.08. The highest BCUT2D eigenvalue weighted by molar-refractivity contribution is 7.09. The molecule has 4 heteroatoms. The minimum atomic E-state index is -0.667. The van der Waals surface area contributed by atoms with Crippen LogP contribution in [0, 0.1) is 6.92 Å². The van der Waals surface area contributed by atoms with Crippen molar-refractivity contribution < 1.29 is 5.11 Å². The lowest BCUT2D eigenvalue weighted by atomic mass is 10.0. The van der Waals surface area contributed by atoms with Gasteiger partial charge in [0.15, 0.2) is 0 Å². The molecule has 0 saturated heterocycles. The molecule has 90 valence electrons. The fraction of sp³-hybridized carbons (Fsp3) is 0.143. The van der Waals surface area contributed by atoms with Crippen LogP contribution in [0.1, 0.15) is 22.4 Å². The van der Waals surface area contributed by atoms with Crippen LogP contribution >= 0.6 is 11.3 Å². The Hall–Kier alpha value is -1.78. The molecule has 18 heavy (non-hydrogen) atoms. The third-order valence-corrected chi connectivity index (χ3v) is 3.65. The van der Waals surface area contributed by atoms with Crippen molar-refractivity contribution in [2.24, 2.45) is 0 Å². The van der Waals surface area contributed by atoms with Gasteiger partial charge in [-0.05, 0) is 30.7 Å². The zero-order valence-electron chi connectivity index (χ0n) is 9.87. The van der Waals surface area contributed by atoms with Gasteiger partial charge < -0.3 is 5.11 Å². The number of benzene rings is 1. The second-order valence-corrected chi connectivity index (χ2v) is 5.21. The maximum Gasteiger partial charge on any atom is 0.122 e. The number of aliphatic hydroxyl groups excluding tert-OH is 1. The van der Waals surface area contributed by atoms with E-state index in [1.807, 2.05) is 42.6 Å². The van der Waals surface area contributed by atoms with E-state index in [-0.39, 0.29) is 0 Å². The summed E-state index contributed by atoms with van der Waals surface area (Å²) >= 11 is 1.55. The lowest BCUT2D eigenvalue weighted by molar-refractivity contribution is 0.216. The summed E-state index contributed by atoms with van der Waals surface area (Å²) < 4.78 is 0. The van der Waals surface area contributed by atoms with Gasteiger partial charge in [0.2, 0.25) is 0 Å². The van der Waals surface area contributed by atoms with Crippen LogP contribution in [0.2, 0.25) is 0 Å². The molecule has 2 heterocycles. The molecule has 3 aromatic rings. The number of thiazole rings is 1. The van der Waals surface area contributed by atoms with E-state index in [2.05, 4.69) is 9.97 Å². The Morgan fingerprint density at radius 1 is 1.28 bits per heavy atom. The maximum atomic E-state index is 10.3. The summed E-state index contributed by atoms with van der Waals surface area (Å²) in [6, 6.07) is 9.67. The molecule has 0 aliphatic heterocycles. The van der Waals surface area contributed by atoms with E-state index in [4.69, 9.17) is 0 Å². The van der Waals surface area contributed by atoms with Gasteiger partial charge in [-0.25, -0.2) is 4.98 Å². The fourth-order valence-corrected chi connectivity index (χ4v) is 2.57. The van der Waals surface area contributed by atoms with E-state index in [0.29, 0.717) is 5.69 Å². The Balaban J connectivity index is 2.03. The molecule has 0 aliphatic rings. The average molecular weight is 256 g/mol. The first kappa shape index (κ1) is 11.3. The van der Waals surface area contributed by atoms with Gasteiger partial charge in [0.05, 0.1) is 16.2 Å². The average Bonchev–Trinajstić information content (AvgIpc) is 2.84. The van der Waals surface area contributed by atoms with E-state index in [1.54, 1.807) is 17.5 Å². The molecule has 0 radical (unpaired) electrons. The summed E-state index contributed by atoms with van der Waals surface area (Å²) in [5.74, 6) is 0. The number of fused-ring (bicyclic) bond motifs is 1. The van der Waals surface area contributed by atoms with Gasteiger partial charge in [0.25, 0.3) is 0 Å². The second-order valence-electron chi connectivity index (χ2n) is 4.15. The van der Waals surface area contributed by atoms with E-state index < -0.39 is 6.10 Å². The van der Waals surface area contributed by atoms with Gasteiger partial charge in [-0.2, -0.15) is 0 Å². The fourth-order valence-electron chi connectivity index (χ4n) is 1.94. The minimum absolute atomic E-state index is 0.667. The van der Waals surface area contributed by atoms with E-state index in [0.717, 1.165) is 21.5 Å². The summed E-state index contributed by atoms with van der Waals surface area (Å²) in [5.41, 5.74) is 2.49. The van der Waals surface area contributed by atoms with Crippen molar-refractivity contribution in [2.45, 2.75) is 13.0 Å². The molecule has 3 nitrogen and oxygen atoms in total. The zero-order valence-corrected chi connectivity index (χ0v) is 10.7. The SMILES string of the molecule is Cc1nc(C(O)c2ccc3ncccc3c2)cs1. The third-order valence-electron chi connectivity index (χ3n) is 2.86. The first-order chi connectivity index (χ1) is 8.74. The topological polar surface area (TPSA) is 46.0 Å². The third kappa shape index (κ3) is 2.00. The lowest BCUT2D eigenvalue weighted by Gasteiger charge is -2.09. The molecule has 0 fully saturated rings. The van der Waals surface area contributed by atoms with Crippen molar-refractivity contribution in [1.29, 1.82) is 0 Å². The van der Waals surface area contributed by atoms with Gasteiger partial charge >= 0.3 is 0 Å². The van der Waals surface area contributed by atoms with Crippen LogP contribution in [0.5, 0.6) is 0 Å². The second kappa shape index (κ2) is 4.48. The van der Waals surface area contributed by atoms with Crippen LogP contribution in [0.4, 0.5) is 0 Å². The molecule has 2 aromatic heterocycles. The van der Waals surface area contributed by atoms with Crippen LogP contribution in [0.25, 0.3) is 10.9 Å². The van der Waals surface area contributed by atoms with Crippen LogP contribution < -0.4 is 0 Å². The summed E-state index contributed by atoms with van der Waals surface area (Å²) in [6.45, 7) is 1.94. The molecule has 1 atom stereocenters. The normalized spacial score (nSPS) is 12.8. The number of pyridine rings is 1. The zero-order chi connectivity index (χ0) is 12.5. The van der Waals surface area contributed by atoms with Crippen LogP contribution in [-0.2, 0) is 0 Å². The highest BCUT2D eigenvalue weighted by Gasteiger charge is 2.13. The van der Waals surface area contributed by atoms with Crippen molar-refractivity contribution in [3.05, 3.63) is 58.2 Å². The Labute approximate surface area is 109 Å². The number of rotatable bonds is 2. The van der Waals surface area contributed by atoms with Crippen molar-refractivity contribution in [2.75, 3.05) is 0 Å². The minimum Gasteiger partial charge on any atom is -0.382 e. The number of hydrogen-bond donors (Lipinski definition) is 1. The standard InChI is InChI=1S/C14H12N2OS/c1-9-16-13(8-18-9)14(17)11-4-5-12-10(7-11)3-2-6-15-12/h2-8,14,17H,1H3. The maximum absolute atomic E-state index is 10.3. The van der Waals surface area contributed by atoms with Crippen molar-refractivity contribution in [3.63, 3.8) is 0 Å². The van der Waals surface area contributed by atoms with Gasteiger partial charge in [0.1, 0.15) is 6.10 Å². The van der Waals surface area contributed by atoms with Gasteiger partial charge in [-0.3, -0.25) is 4.98 Å². The summed E-state index contributed by atoms with van der Waals surface area (Å²) in [4.78, 5) is 8.58. The van der Waals surface area contributed by atoms with E-state index in [9.17, 15) is 5.11 Å². The number of nitrogens with zero attached hydrogens (tertiary/aromatic N) is 2. The number of aliphatic hydroxyl groups is 1. The van der Waals surface area contributed by atoms with Crippen molar-refractivity contribution >= 4 is 22.2 Å². The molecular weight excluding hydrogens is 244 g/mol. The highest BCUT2D eigenvalue weighted by Crippen LogP contribution is 2.25. The smallest absolute Gasteiger partial charge is 0.122 e. The first-order valence-corrected chi connectivity index (χ1v) is 6.57. The molecule has 1 N–H and O–H groups in total. The molecular formula is C14H12N2OS. The molecule has 1 aromatic carbocycles. The Morgan fingerprint density at radius 3 is 2.94 bits per heavy atom. The van der Waals surface area contributed by atoms with Crippen LogP contribution in [-0.4, -0.2) is 15.1 Å². The van der Waals surface area contributed by atoms with Gasteiger partial charge in [-0.15, -0.1) is 11.3 Å². The van der Waals surface area contributed by atoms with Gasteiger partial charge in [0, 0.05) is 17.0 Å².